The number of likely N-dealkylation sites (N-methyl/N-ethyl adjacent to an activating group) is 1. The Morgan fingerprint density at radius 2 is 1.62 bits per heavy atom. The lowest BCUT2D eigenvalue weighted by atomic mass is 9.81. The van der Waals surface area contributed by atoms with Gasteiger partial charge in [-0.15, -0.1) is 0 Å². The Bertz CT molecular complexity index is 915. The number of carbonyl (C=O) groups excluding carboxylic acids is 2. The summed E-state index contributed by atoms with van der Waals surface area (Å²) in [5, 5.41) is 0.773. The van der Waals surface area contributed by atoms with E-state index in [0.29, 0.717) is 22.2 Å². The fourth-order valence-corrected chi connectivity index (χ4v) is 5.20. The Morgan fingerprint density at radius 3 is 2.21 bits per heavy atom. The molecule has 156 valence electrons. The zero-order valence-corrected chi connectivity index (χ0v) is 17.7. The van der Waals surface area contributed by atoms with Crippen molar-refractivity contribution in [2.24, 2.45) is 0 Å². The smallest absolute Gasteiger partial charge is 0.312 e. The number of anilines is 1. The molecule has 0 radical (unpaired) electrons. The van der Waals surface area contributed by atoms with Crippen LogP contribution >= 0.6 is 39.1 Å². The molecule has 4 rings (SSSR count). The third-order valence-electron chi connectivity index (χ3n) is 5.66. The van der Waals surface area contributed by atoms with Gasteiger partial charge in [0.25, 0.3) is 5.91 Å². The van der Waals surface area contributed by atoms with Gasteiger partial charge >= 0.3 is 6.03 Å². The van der Waals surface area contributed by atoms with Crippen molar-refractivity contribution in [1.29, 1.82) is 0 Å². The van der Waals surface area contributed by atoms with Gasteiger partial charge in [-0.25, -0.2) is 9.69 Å². The van der Waals surface area contributed by atoms with Crippen LogP contribution in [0.5, 0.6) is 0 Å². The van der Waals surface area contributed by atoms with Gasteiger partial charge in [-0.05, 0) is 55.2 Å². The second-order valence-electron chi connectivity index (χ2n) is 7.03. The molecule has 0 unspecified atom stereocenters. The van der Waals surface area contributed by atoms with Gasteiger partial charge in [0, 0.05) is 27.5 Å². The van der Waals surface area contributed by atoms with E-state index in [1.54, 1.807) is 30.1 Å². The van der Waals surface area contributed by atoms with E-state index >= 15 is 0 Å². The van der Waals surface area contributed by atoms with Crippen LogP contribution in [0.3, 0.4) is 0 Å². The number of hydrogen-bond acceptors (Lipinski definition) is 2. The van der Waals surface area contributed by atoms with Crippen LogP contribution in [0.1, 0.15) is 45.6 Å². The monoisotopic (exact) mass is 498 g/mol. The van der Waals surface area contributed by atoms with Crippen molar-refractivity contribution in [2.45, 2.75) is 45.6 Å². The van der Waals surface area contributed by atoms with Gasteiger partial charge in [0.2, 0.25) is 0 Å². The topological polar surface area (TPSA) is 40.6 Å². The number of nitrogens with zero attached hydrogens (tertiary/aromatic N) is 2. The lowest BCUT2D eigenvalue weighted by Gasteiger charge is -2.34. The summed E-state index contributed by atoms with van der Waals surface area (Å²) < 4.78 is 0.982. The standard InChI is InChI=1S/C20H17BrCl2N2O2.2CH4/c1-24-19(27)25(16-10-14(22)9-15(23)11-16)18(26)20(24)8-2-3-17(20)12-4-6-13(21)7-5-12;;/h4-7,9-11,17H,2-3,8H2,1H3;2*1H4/t17-,20+;;/m0../s1. The third-order valence-corrected chi connectivity index (χ3v) is 6.62. The number of benzene rings is 2. The Hall–Kier alpha value is -1.56. The minimum Gasteiger partial charge on any atom is -0.312 e. The Morgan fingerprint density at radius 1 is 1.03 bits per heavy atom. The molecule has 29 heavy (non-hydrogen) atoms. The van der Waals surface area contributed by atoms with E-state index in [1.807, 2.05) is 24.3 Å². The predicted molar refractivity (Wildman–Crippen MR) is 124 cm³/mol. The zero-order chi connectivity index (χ0) is 19.3. The Balaban J connectivity index is 0.00000150. The lowest BCUT2D eigenvalue weighted by Crippen LogP contribution is -2.49. The number of carbonyl (C=O) groups is 2. The van der Waals surface area contributed by atoms with Crippen molar-refractivity contribution in [3.05, 3.63) is 62.5 Å². The number of urea groups is 1. The van der Waals surface area contributed by atoms with Gasteiger partial charge in [-0.1, -0.05) is 66.1 Å². The SMILES string of the molecule is C.C.CN1C(=O)N(c2cc(Cl)cc(Cl)c2)C(=O)[C@]12CCC[C@H]2c1ccc(Br)cc1. The van der Waals surface area contributed by atoms with E-state index in [0.717, 1.165) is 22.9 Å². The molecule has 2 aliphatic rings. The van der Waals surface area contributed by atoms with E-state index in [4.69, 9.17) is 23.2 Å². The molecule has 1 heterocycles. The minimum absolute atomic E-state index is 0. The van der Waals surface area contributed by atoms with E-state index in [2.05, 4.69) is 15.9 Å². The molecule has 1 spiro atoms. The maximum atomic E-state index is 13.6. The Labute approximate surface area is 190 Å². The van der Waals surface area contributed by atoms with Crippen molar-refractivity contribution in [3.63, 3.8) is 0 Å². The molecule has 3 amide bonds. The maximum Gasteiger partial charge on any atom is 0.332 e. The van der Waals surface area contributed by atoms with Crippen LogP contribution in [0.4, 0.5) is 10.5 Å². The highest BCUT2D eigenvalue weighted by atomic mass is 79.9. The van der Waals surface area contributed by atoms with Crippen molar-refractivity contribution in [1.82, 2.24) is 4.90 Å². The highest BCUT2D eigenvalue weighted by Crippen LogP contribution is 2.51. The summed E-state index contributed by atoms with van der Waals surface area (Å²) >= 11 is 15.6. The molecule has 2 atom stereocenters. The fraction of sp³-hybridized carbons (Fsp3) is 0.364. The van der Waals surface area contributed by atoms with Crippen LogP contribution in [0.15, 0.2) is 46.9 Å². The van der Waals surface area contributed by atoms with E-state index < -0.39 is 5.54 Å². The zero-order valence-electron chi connectivity index (χ0n) is 14.6. The molecule has 1 saturated heterocycles. The second kappa shape index (κ2) is 8.66. The predicted octanol–water partition coefficient (Wildman–Crippen LogP) is 7.13. The van der Waals surface area contributed by atoms with Gasteiger partial charge in [-0.2, -0.15) is 0 Å². The molecular formula is C22H25BrCl2N2O2. The first-order valence-corrected chi connectivity index (χ1v) is 10.2. The van der Waals surface area contributed by atoms with E-state index in [-0.39, 0.29) is 32.7 Å². The average Bonchev–Trinajstić information content (AvgIpc) is 3.13. The molecule has 2 aromatic carbocycles. The third kappa shape index (κ3) is 3.69. The van der Waals surface area contributed by atoms with E-state index in [1.165, 1.54) is 4.90 Å². The molecule has 0 bridgehead atoms. The highest BCUT2D eigenvalue weighted by Gasteiger charge is 2.62. The molecule has 1 aliphatic carbocycles. The van der Waals surface area contributed by atoms with Crippen LogP contribution in [-0.2, 0) is 4.79 Å². The number of amides is 3. The summed E-state index contributed by atoms with van der Waals surface area (Å²) in [5.41, 5.74) is 0.599. The van der Waals surface area contributed by atoms with Crippen LogP contribution in [0.2, 0.25) is 10.0 Å². The normalized spacial score (nSPS) is 23.4. The number of rotatable bonds is 2. The van der Waals surface area contributed by atoms with Gasteiger partial charge in [0.1, 0.15) is 5.54 Å². The number of imide groups is 1. The first kappa shape index (κ1) is 23.7. The summed E-state index contributed by atoms with van der Waals surface area (Å²) in [5.74, 6) is -0.259. The van der Waals surface area contributed by atoms with Crippen LogP contribution in [0.25, 0.3) is 0 Å². The molecule has 1 saturated carbocycles. The van der Waals surface area contributed by atoms with Crippen LogP contribution in [-0.4, -0.2) is 29.4 Å². The summed E-state index contributed by atoms with van der Waals surface area (Å²) in [6, 6.07) is 12.4. The quantitative estimate of drug-likeness (QED) is 0.412. The van der Waals surface area contributed by atoms with Gasteiger partial charge in [0.05, 0.1) is 5.69 Å². The van der Waals surface area contributed by atoms with Crippen molar-refractivity contribution in [3.8, 4) is 0 Å². The Kier molecular flexibility index (Phi) is 7.09. The largest absolute Gasteiger partial charge is 0.332 e. The molecule has 2 fully saturated rings. The second-order valence-corrected chi connectivity index (χ2v) is 8.82. The molecule has 7 heteroatoms. The fourth-order valence-electron chi connectivity index (χ4n) is 4.42. The summed E-state index contributed by atoms with van der Waals surface area (Å²) in [7, 11) is 1.71. The summed E-state index contributed by atoms with van der Waals surface area (Å²) in [6.45, 7) is 0. The molecular weight excluding hydrogens is 475 g/mol. The first-order chi connectivity index (χ1) is 12.8. The highest BCUT2D eigenvalue weighted by molar-refractivity contribution is 9.10. The van der Waals surface area contributed by atoms with E-state index in [9.17, 15) is 9.59 Å². The minimum atomic E-state index is -0.875. The number of halogens is 3. The summed E-state index contributed by atoms with van der Waals surface area (Å²) in [6.07, 6.45) is 2.38. The lowest BCUT2D eigenvalue weighted by molar-refractivity contribution is -0.125. The molecule has 0 N–H and O–H groups in total. The van der Waals surface area contributed by atoms with Gasteiger partial charge in [0.15, 0.2) is 0 Å². The van der Waals surface area contributed by atoms with Crippen LogP contribution in [0, 0.1) is 0 Å². The summed E-state index contributed by atoms with van der Waals surface area (Å²) in [4.78, 5) is 29.5. The molecule has 4 nitrogen and oxygen atoms in total. The molecule has 1 aliphatic heterocycles. The van der Waals surface area contributed by atoms with Crippen molar-refractivity contribution < 1.29 is 9.59 Å². The first-order valence-electron chi connectivity index (χ1n) is 8.68. The molecule has 2 aromatic rings. The average molecular weight is 500 g/mol. The maximum absolute atomic E-state index is 13.6. The van der Waals surface area contributed by atoms with Crippen molar-refractivity contribution >= 4 is 56.8 Å². The van der Waals surface area contributed by atoms with Crippen molar-refractivity contribution in [2.75, 3.05) is 11.9 Å². The molecule has 0 aromatic heterocycles. The van der Waals surface area contributed by atoms with Gasteiger partial charge in [-0.3, -0.25) is 4.79 Å². The van der Waals surface area contributed by atoms with Crippen LogP contribution < -0.4 is 4.90 Å². The van der Waals surface area contributed by atoms with Gasteiger partial charge < -0.3 is 4.90 Å². The number of hydrogen-bond donors (Lipinski definition) is 0.